The highest BCUT2D eigenvalue weighted by molar-refractivity contribution is 7.87. The molecule has 1 N–H and O–H groups in total. The number of pyridine rings is 1. The molecule has 2 aromatic rings. The molecule has 1 saturated heterocycles. The molecule has 3 rings (SSSR count). The molecular weight excluding hydrogens is 314 g/mol. The van der Waals surface area contributed by atoms with E-state index in [0.717, 1.165) is 18.4 Å². The summed E-state index contributed by atoms with van der Waals surface area (Å²) in [5.41, 5.74) is 0.782. The average molecular weight is 335 g/mol. The fourth-order valence-electron chi connectivity index (χ4n) is 2.79. The second kappa shape index (κ2) is 6.77. The number of rotatable bonds is 5. The highest BCUT2D eigenvalue weighted by Crippen LogP contribution is 2.18. The van der Waals surface area contributed by atoms with Gasteiger partial charge < -0.3 is 0 Å². The molecule has 23 heavy (non-hydrogen) atoms. The Morgan fingerprint density at radius 2 is 2.22 bits per heavy atom. The lowest BCUT2D eigenvalue weighted by atomic mass is 10.0. The second-order valence-corrected chi connectivity index (χ2v) is 7.62. The number of piperidine rings is 1. The number of hydrogen-bond acceptors (Lipinski definition) is 4. The van der Waals surface area contributed by atoms with Gasteiger partial charge >= 0.3 is 0 Å². The van der Waals surface area contributed by atoms with Gasteiger partial charge in [-0.15, -0.1) is 0 Å². The van der Waals surface area contributed by atoms with E-state index in [1.54, 1.807) is 35.4 Å². The predicted octanol–water partition coefficient (Wildman–Crippen LogP) is 1.33. The van der Waals surface area contributed by atoms with Gasteiger partial charge in [0.05, 0.1) is 0 Å². The third kappa shape index (κ3) is 3.77. The molecule has 2 aromatic heterocycles. The second-order valence-electron chi connectivity index (χ2n) is 5.87. The minimum atomic E-state index is -3.47. The van der Waals surface area contributed by atoms with Crippen LogP contribution in [0.2, 0.25) is 0 Å². The van der Waals surface area contributed by atoms with Gasteiger partial charge in [0.25, 0.3) is 10.2 Å². The van der Waals surface area contributed by atoms with E-state index >= 15 is 0 Å². The van der Waals surface area contributed by atoms with E-state index < -0.39 is 10.2 Å². The highest BCUT2D eigenvalue weighted by atomic mass is 32.2. The van der Waals surface area contributed by atoms with Crippen LogP contribution in [0.4, 0.5) is 0 Å². The smallest absolute Gasteiger partial charge is 0.237 e. The molecule has 0 aromatic carbocycles. The summed E-state index contributed by atoms with van der Waals surface area (Å²) in [4.78, 5) is 4.30. The van der Waals surface area contributed by atoms with Crippen LogP contribution in [0.3, 0.4) is 0 Å². The third-order valence-corrected chi connectivity index (χ3v) is 5.51. The molecule has 0 aliphatic carbocycles. The molecule has 8 heteroatoms. The highest BCUT2D eigenvalue weighted by Gasteiger charge is 2.26. The Bertz CT molecular complexity index is 745. The van der Waals surface area contributed by atoms with Crippen LogP contribution in [0.5, 0.6) is 0 Å². The number of nitrogens with zero attached hydrogens (tertiary/aromatic N) is 4. The molecule has 124 valence electrons. The van der Waals surface area contributed by atoms with Crippen molar-refractivity contribution < 1.29 is 8.42 Å². The van der Waals surface area contributed by atoms with Crippen molar-refractivity contribution in [2.24, 2.45) is 5.92 Å². The van der Waals surface area contributed by atoms with Crippen molar-refractivity contribution in [1.29, 1.82) is 0 Å². The van der Waals surface area contributed by atoms with Crippen molar-refractivity contribution in [2.75, 3.05) is 13.1 Å². The minimum absolute atomic E-state index is 0.191. The van der Waals surface area contributed by atoms with E-state index in [0.29, 0.717) is 24.8 Å². The Labute approximate surface area is 136 Å². The van der Waals surface area contributed by atoms with Crippen molar-refractivity contribution >= 4 is 10.2 Å². The van der Waals surface area contributed by atoms with Gasteiger partial charge in [0.2, 0.25) is 0 Å². The van der Waals surface area contributed by atoms with Crippen molar-refractivity contribution in [3.63, 3.8) is 0 Å². The molecular formula is C15H21N5O2S. The molecule has 0 spiro atoms. The van der Waals surface area contributed by atoms with E-state index in [9.17, 15) is 8.42 Å². The van der Waals surface area contributed by atoms with Crippen LogP contribution in [-0.2, 0) is 16.8 Å². The van der Waals surface area contributed by atoms with Crippen molar-refractivity contribution in [3.05, 3.63) is 42.4 Å². The summed E-state index contributed by atoms with van der Waals surface area (Å²) in [6.07, 6.45) is 7.11. The van der Waals surface area contributed by atoms with Crippen LogP contribution in [0.15, 0.2) is 36.8 Å². The van der Waals surface area contributed by atoms with Crippen LogP contribution in [-0.4, -0.2) is 40.6 Å². The Balaban J connectivity index is 1.73. The monoisotopic (exact) mass is 335 g/mol. The van der Waals surface area contributed by atoms with E-state index in [2.05, 4.69) is 21.7 Å². The first-order valence-electron chi connectivity index (χ1n) is 7.75. The lowest BCUT2D eigenvalue weighted by Crippen LogP contribution is -2.45. The predicted molar refractivity (Wildman–Crippen MR) is 87.1 cm³/mol. The Kier molecular flexibility index (Phi) is 4.74. The zero-order valence-electron chi connectivity index (χ0n) is 13.1. The van der Waals surface area contributed by atoms with Crippen molar-refractivity contribution in [2.45, 2.75) is 26.3 Å². The zero-order valence-corrected chi connectivity index (χ0v) is 13.9. The Morgan fingerprint density at radius 3 is 2.96 bits per heavy atom. The van der Waals surface area contributed by atoms with Crippen LogP contribution >= 0.6 is 0 Å². The van der Waals surface area contributed by atoms with Gasteiger partial charge in [-0.2, -0.15) is 22.5 Å². The standard InChI is InChI=1S/C15H21N5O2S/c1-13-5-3-9-19(12-13)23(21,22)18-11-14-6-2-7-16-15(14)20-10-4-8-17-20/h2,4,6-8,10,13,18H,3,5,9,11-12H2,1H3/t13-/m1/s1. The molecule has 0 radical (unpaired) electrons. The normalized spacial score (nSPS) is 19.8. The molecule has 0 amide bonds. The van der Waals surface area contributed by atoms with Crippen LogP contribution in [0.25, 0.3) is 5.82 Å². The average Bonchev–Trinajstić information content (AvgIpc) is 3.08. The molecule has 1 aliphatic rings. The lowest BCUT2D eigenvalue weighted by molar-refractivity contribution is 0.278. The largest absolute Gasteiger partial charge is 0.279 e. The van der Waals surface area contributed by atoms with Gasteiger partial charge in [0.15, 0.2) is 5.82 Å². The maximum Gasteiger partial charge on any atom is 0.279 e. The van der Waals surface area contributed by atoms with Crippen molar-refractivity contribution in [3.8, 4) is 5.82 Å². The third-order valence-electron chi connectivity index (χ3n) is 3.99. The number of aromatic nitrogens is 3. The Morgan fingerprint density at radius 1 is 1.35 bits per heavy atom. The summed E-state index contributed by atoms with van der Waals surface area (Å²) >= 11 is 0. The van der Waals surface area contributed by atoms with E-state index in [4.69, 9.17) is 0 Å². The molecule has 1 fully saturated rings. The number of hydrogen-bond donors (Lipinski definition) is 1. The maximum absolute atomic E-state index is 12.5. The molecule has 1 atom stereocenters. The first-order chi connectivity index (χ1) is 11.1. The summed E-state index contributed by atoms with van der Waals surface area (Å²) in [5, 5.41) is 4.16. The summed E-state index contributed by atoms with van der Waals surface area (Å²) in [6, 6.07) is 5.45. The molecule has 0 bridgehead atoms. The topological polar surface area (TPSA) is 80.1 Å². The molecule has 7 nitrogen and oxygen atoms in total. The van der Waals surface area contributed by atoms with Crippen LogP contribution in [0, 0.1) is 5.92 Å². The maximum atomic E-state index is 12.5. The first kappa shape index (κ1) is 16.1. The minimum Gasteiger partial charge on any atom is -0.237 e. The summed E-state index contributed by atoms with van der Waals surface area (Å²) in [7, 11) is -3.47. The van der Waals surface area contributed by atoms with Gasteiger partial charge in [-0.05, 0) is 30.9 Å². The summed E-state index contributed by atoms with van der Waals surface area (Å²) < 4.78 is 30.8. The van der Waals surface area contributed by atoms with Gasteiger partial charge in [0.1, 0.15) is 0 Å². The summed E-state index contributed by atoms with van der Waals surface area (Å²) in [5.74, 6) is 1.03. The van der Waals surface area contributed by atoms with E-state index in [-0.39, 0.29) is 6.54 Å². The SMILES string of the molecule is C[C@@H]1CCCN(S(=O)(=O)NCc2cccnc2-n2cccn2)C1. The quantitative estimate of drug-likeness (QED) is 0.894. The van der Waals surface area contributed by atoms with Crippen LogP contribution < -0.4 is 4.72 Å². The molecule has 0 saturated carbocycles. The zero-order chi connectivity index (χ0) is 16.3. The molecule has 1 aliphatic heterocycles. The fraction of sp³-hybridized carbons (Fsp3) is 0.467. The molecule has 0 unspecified atom stereocenters. The lowest BCUT2D eigenvalue weighted by Gasteiger charge is -2.30. The van der Waals surface area contributed by atoms with E-state index in [1.807, 2.05) is 6.07 Å². The van der Waals surface area contributed by atoms with Crippen molar-refractivity contribution in [1.82, 2.24) is 23.8 Å². The summed E-state index contributed by atoms with van der Waals surface area (Å²) in [6.45, 7) is 3.43. The van der Waals surface area contributed by atoms with Gasteiger partial charge in [0, 0.05) is 43.8 Å². The fourth-order valence-corrected chi connectivity index (χ4v) is 4.13. The van der Waals surface area contributed by atoms with Gasteiger partial charge in [-0.25, -0.2) is 9.67 Å². The first-order valence-corrected chi connectivity index (χ1v) is 9.19. The van der Waals surface area contributed by atoms with Gasteiger partial charge in [-0.1, -0.05) is 13.0 Å². The Hall–Kier alpha value is -1.77. The van der Waals surface area contributed by atoms with Crippen LogP contribution in [0.1, 0.15) is 25.3 Å². The van der Waals surface area contributed by atoms with E-state index in [1.165, 1.54) is 4.31 Å². The number of nitrogens with one attached hydrogen (secondary N) is 1. The van der Waals surface area contributed by atoms with Gasteiger partial charge in [-0.3, -0.25) is 0 Å². The molecule has 3 heterocycles.